The molecule has 0 aliphatic carbocycles. The maximum absolute atomic E-state index is 13.0. The average Bonchev–Trinajstić information content (AvgIpc) is 2.97. The Bertz CT molecular complexity index is 956. The summed E-state index contributed by atoms with van der Waals surface area (Å²) in [5.74, 6) is 0.0116. The lowest BCUT2D eigenvalue weighted by Gasteiger charge is -2.22. The number of hydrogen-bond donors (Lipinski definition) is 2. The molecule has 2 aromatic rings. The van der Waals surface area contributed by atoms with E-state index in [1.165, 1.54) is 0 Å². The molecule has 1 aliphatic rings. The Labute approximate surface area is 182 Å². The van der Waals surface area contributed by atoms with E-state index in [2.05, 4.69) is 10.6 Å². The highest BCUT2D eigenvalue weighted by molar-refractivity contribution is 6.09. The van der Waals surface area contributed by atoms with Gasteiger partial charge in [-0.3, -0.25) is 14.5 Å². The second-order valence-electron chi connectivity index (χ2n) is 8.17. The molecule has 7 nitrogen and oxygen atoms in total. The molecule has 1 fully saturated rings. The van der Waals surface area contributed by atoms with E-state index < -0.39 is 17.5 Å². The lowest BCUT2D eigenvalue weighted by molar-refractivity contribution is -0.135. The predicted octanol–water partition coefficient (Wildman–Crippen LogP) is 2.91. The Morgan fingerprint density at radius 1 is 1.13 bits per heavy atom. The SMILES string of the molecule is COc1ccc(CCC(C)NC(=O)CN2C(=O)NC(C)(c3ccc(C)cc3)C2=O)cc1. The number of ether oxygens (including phenoxy) is 1. The number of nitrogens with one attached hydrogen (secondary N) is 2. The molecule has 31 heavy (non-hydrogen) atoms. The van der Waals surface area contributed by atoms with Crippen LogP contribution < -0.4 is 15.4 Å². The molecule has 164 valence electrons. The van der Waals surface area contributed by atoms with Crippen LogP contribution in [0, 0.1) is 6.92 Å². The van der Waals surface area contributed by atoms with Crippen molar-refractivity contribution in [1.29, 1.82) is 0 Å². The van der Waals surface area contributed by atoms with Crippen molar-refractivity contribution in [2.75, 3.05) is 13.7 Å². The van der Waals surface area contributed by atoms with E-state index in [-0.39, 0.29) is 18.5 Å². The van der Waals surface area contributed by atoms with Crippen molar-refractivity contribution < 1.29 is 19.1 Å². The first-order valence-electron chi connectivity index (χ1n) is 10.4. The number of carbonyl (C=O) groups excluding carboxylic acids is 3. The van der Waals surface area contributed by atoms with E-state index in [1.807, 2.05) is 62.4 Å². The highest BCUT2D eigenvalue weighted by atomic mass is 16.5. The summed E-state index contributed by atoms with van der Waals surface area (Å²) in [6, 6.07) is 14.5. The van der Waals surface area contributed by atoms with E-state index in [9.17, 15) is 14.4 Å². The fourth-order valence-electron chi connectivity index (χ4n) is 3.63. The maximum Gasteiger partial charge on any atom is 0.325 e. The zero-order valence-electron chi connectivity index (χ0n) is 18.4. The van der Waals surface area contributed by atoms with Crippen molar-refractivity contribution in [1.82, 2.24) is 15.5 Å². The van der Waals surface area contributed by atoms with Gasteiger partial charge in [-0.05, 0) is 56.9 Å². The standard InChI is InChI=1S/C24H29N3O4/c1-16-5-11-19(12-6-16)24(3)22(29)27(23(30)26-24)15-21(28)25-17(2)7-8-18-9-13-20(31-4)14-10-18/h5-6,9-14,17H,7-8,15H2,1-4H3,(H,25,28)(H,26,30). The molecule has 1 heterocycles. The maximum atomic E-state index is 13.0. The highest BCUT2D eigenvalue weighted by Gasteiger charge is 2.49. The van der Waals surface area contributed by atoms with Gasteiger partial charge in [-0.2, -0.15) is 0 Å². The van der Waals surface area contributed by atoms with Crippen LogP contribution in [0.4, 0.5) is 4.79 Å². The number of benzene rings is 2. The van der Waals surface area contributed by atoms with Gasteiger partial charge >= 0.3 is 6.03 Å². The second-order valence-corrected chi connectivity index (χ2v) is 8.17. The zero-order valence-corrected chi connectivity index (χ0v) is 18.4. The Kier molecular flexibility index (Phi) is 6.63. The molecule has 0 saturated carbocycles. The topological polar surface area (TPSA) is 87.7 Å². The minimum atomic E-state index is -1.18. The van der Waals surface area contributed by atoms with Crippen molar-refractivity contribution in [2.24, 2.45) is 0 Å². The zero-order chi connectivity index (χ0) is 22.6. The van der Waals surface area contributed by atoms with Crippen LogP contribution in [0.1, 0.15) is 37.0 Å². The summed E-state index contributed by atoms with van der Waals surface area (Å²) in [5.41, 5.74) is 1.71. The summed E-state index contributed by atoms with van der Waals surface area (Å²) in [6.07, 6.45) is 1.53. The summed E-state index contributed by atoms with van der Waals surface area (Å²) in [6.45, 7) is 5.21. The Morgan fingerprint density at radius 2 is 1.77 bits per heavy atom. The van der Waals surface area contributed by atoms with E-state index in [4.69, 9.17) is 4.74 Å². The Morgan fingerprint density at radius 3 is 2.39 bits per heavy atom. The number of urea groups is 1. The van der Waals surface area contributed by atoms with Crippen LogP contribution in [-0.4, -0.2) is 42.4 Å². The molecule has 2 unspecified atom stereocenters. The number of hydrogen-bond acceptors (Lipinski definition) is 4. The molecule has 0 radical (unpaired) electrons. The molecule has 4 amide bonds. The lowest BCUT2D eigenvalue weighted by Crippen LogP contribution is -2.45. The summed E-state index contributed by atoms with van der Waals surface area (Å²) in [7, 11) is 1.63. The van der Waals surface area contributed by atoms with Crippen molar-refractivity contribution in [2.45, 2.75) is 45.2 Å². The first-order valence-corrected chi connectivity index (χ1v) is 10.4. The molecule has 2 N–H and O–H groups in total. The summed E-state index contributed by atoms with van der Waals surface area (Å²) < 4.78 is 5.15. The largest absolute Gasteiger partial charge is 0.497 e. The molecule has 1 aliphatic heterocycles. The van der Waals surface area contributed by atoms with Gasteiger partial charge in [0, 0.05) is 6.04 Å². The van der Waals surface area contributed by atoms with E-state index in [0.29, 0.717) is 5.56 Å². The lowest BCUT2D eigenvalue weighted by atomic mass is 9.91. The molecule has 2 atom stereocenters. The number of aryl methyl sites for hydroxylation is 2. The monoisotopic (exact) mass is 423 g/mol. The van der Waals surface area contributed by atoms with Crippen LogP contribution in [0.2, 0.25) is 0 Å². The third-order valence-electron chi connectivity index (χ3n) is 5.64. The van der Waals surface area contributed by atoms with Crippen LogP contribution in [0.25, 0.3) is 0 Å². The quantitative estimate of drug-likeness (QED) is 0.639. The number of rotatable bonds is 8. The van der Waals surface area contributed by atoms with Gasteiger partial charge in [-0.1, -0.05) is 42.0 Å². The Balaban J connectivity index is 1.55. The summed E-state index contributed by atoms with van der Waals surface area (Å²) in [4.78, 5) is 38.9. The van der Waals surface area contributed by atoms with Crippen LogP contribution in [-0.2, 0) is 21.5 Å². The first-order chi connectivity index (χ1) is 14.7. The Hall–Kier alpha value is -3.35. The molecule has 0 aromatic heterocycles. The molecule has 0 bridgehead atoms. The molecular weight excluding hydrogens is 394 g/mol. The molecule has 3 rings (SSSR count). The van der Waals surface area contributed by atoms with E-state index in [1.54, 1.807) is 14.0 Å². The summed E-state index contributed by atoms with van der Waals surface area (Å²) >= 11 is 0. The molecular formula is C24H29N3O4. The van der Waals surface area contributed by atoms with Crippen molar-refractivity contribution in [3.63, 3.8) is 0 Å². The highest BCUT2D eigenvalue weighted by Crippen LogP contribution is 2.28. The van der Waals surface area contributed by atoms with Crippen LogP contribution in [0.3, 0.4) is 0 Å². The van der Waals surface area contributed by atoms with Gasteiger partial charge in [0.05, 0.1) is 7.11 Å². The minimum absolute atomic E-state index is 0.0983. The van der Waals surface area contributed by atoms with Crippen LogP contribution in [0.15, 0.2) is 48.5 Å². The van der Waals surface area contributed by atoms with Crippen molar-refractivity contribution in [3.8, 4) is 5.75 Å². The second kappa shape index (κ2) is 9.20. The van der Waals surface area contributed by atoms with Gasteiger partial charge in [-0.25, -0.2) is 4.79 Å². The first kappa shape index (κ1) is 22.3. The third kappa shape index (κ3) is 5.05. The van der Waals surface area contributed by atoms with Gasteiger partial charge in [0.15, 0.2) is 0 Å². The smallest absolute Gasteiger partial charge is 0.325 e. The number of nitrogens with zero attached hydrogens (tertiary/aromatic N) is 1. The van der Waals surface area contributed by atoms with E-state index in [0.717, 1.165) is 34.6 Å². The number of amides is 4. The van der Waals surface area contributed by atoms with Gasteiger partial charge in [0.2, 0.25) is 5.91 Å². The number of imide groups is 1. The molecule has 0 spiro atoms. The third-order valence-corrected chi connectivity index (χ3v) is 5.64. The predicted molar refractivity (Wildman–Crippen MR) is 118 cm³/mol. The average molecular weight is 424 g/mol. The van der Waals surface area contributed by atoms with Gasteiger partial charge in [0.1, 0.15) is 17.8 Å². The van der Waals surface area contributed by atoms with Crippen LogP contribution in [0.5, 0.6) is 5.75 Å². The minimum Gasteiger partial charge on any atom is -0.497 e. The van der Waals surface area contributed by atoms with Gasteiger partial charge < -0.3 is 15.4 Å². The summed E-state index contributed by atoms with van der Waals surface area (Å²) in [5, 5.41) is 5.61. The number of methoxy groups -OCH3 is 1. The molecule has 1 saturated heterocycles. The van der Waals surface area contributed by atoms with E-state index >= 15 is 0 Å². The molecule has 7 heteroatoms. The van der Waals surface area contributed by atoms with Crippen molar-refractivity contribution in [3.05, 3.63) is 65.2 Å². The number of carbonyl (C=O) groups is 3. The van der Waals surface area contributed by atoms with Crippen LogP contribution >= 0.6 is 0 Å². The van der Waals surface area contributed by atoms with Gasteiger partial charge in [0.25, 0.3) is 5.91 Å². The fourth-order valence-corrected chi connectivity index (χ4v) is 3.63. The normalized spacial score (nSPS) is 19.2. The van der Waals surface area contributed by atoms with Crippen molar-refractivity contribution >= 4 is 17.8 Å². The molecule has 2 aromatic carbocycles. The fraction of sp³-hybridized carbons (Fsp3) is 0.375. The van der Waals surface area contributed by atoms with Gasteiger partial charge in [-0.15, -0.1) is 0 Å².